The molecular weight excluding hydrogens is 409 g/mol. The van der Waals surface area contributed by atoms with Gasteiger partial charge in [0.05, 0.1) is 18.3 Å². The molecule has 0 bridgehead atoms. The van der Waals surface area contributed by atoms with Gasteiger partial charge >= 0.3 is 0 Å². The standard InChI is InChI=1S/C24H24FN5O2/c1-29-12-18(25)22(13-29)32-21-9-16-19(10-20(21)31-3)26-14-27-24(16)17-11-30(2)28-23(17)15-7-5-4-6-8-15/h4-11,14,18,22H,12-13H2,1-3H3/t18-,22+/m1/s1. The summed E-state index contributed by atoms with van der Waals surface area (Å²) < 4.78 is 27.8. The molecule has 1 fully saturated rings. The molecule has 8 heteroatoms. The van der Waals surface area contributed by atoms with Crippen LogP contribution >= 0.6 is 0 Å². The third kappa shape index (κ3) is 3.67. The molecule has 5 rings (SSSR count). The summed E-state index contributed by atoms with van der Waals surface area (Å²) in [6.45, 7) is 0.867. The SMILES string of the molecule is COc1cc2ncnc(-c3cn(C)nc3-c3ccccc3)c2cc1O[C@H]1CN(C)C[C@H]1F. The van der Waals surface area contributed by atoms with Crippen molar-refractivity contribution in [3.63, 3.8) is 0 Å². The van der Waals surface area contributed by atoms with E-state index in [0.29, 0.717) is 30.1 Å². The number of likely N-dealkylation sites (tertiary alicyclic amines) is 1. The molecule has 0 unspecified atom stereocenters. The molecule has 7 nitrogen and oxygen atoms in total. The van der Waals surface area contributed by atoms with Crippen LogP contribution in [0, 0.1) is 0 Å². The molecule has 0 aliphatic carbocycles. The maximum Gasteiger partial charge on any atom is 0.162 e. The smallest absolute Gasteiger partial charge is 0.162 e. The molecular formula is C24H24FN5O2. The molecule has 4 aromatic rings. The molecule has 2 atom stereocenters. The van der Waals surface area contributed by atoms with Gasteiger partial charge in [0.15, 0.2) is 17.7 Å². The van der Waals surface area contributed by atoms with Gasteiger partial charge < -0.3 is 9.47 Å². The maximum absolute atomic E-state index is 14.4. The van der Waals surface area contributed by atoms with Crippen molar-refractivity contribution in [3.8, 4) is 34.0 Å². The average Bonchev–Trinajstić information content (AvgIpc) is 3.34. The predicted octanol–water partition coefficient (Wildman–Crippen LogP) is 3.74. The first-order chi connectivity index (χ1) is 15.5. The molecule has 0 N–H and O–H groups in total. The zero-order valence-corrected chi connectivity index (χ0v) is 18.2. The Morgan fingerprint density at radius 3 is 2.53 bits per heavy atom. The number of halogens is 1. The highest BCUT2D eigenvalue weighted by molar-refractivity contribution is 5.97. The van der Waals surface area contributed by atoms with Gasteiger partial charge in [-0.2, -0.15) is 5.10 Å². The van der Waals surface area contributed by atoms with E-state index in [2.05, 4.69) is 15.1 Å². The van der Waals surface area contributed by atoms with Crippen molar-refractivity contribution in [2.24, 2.45) is 7.05 Å². The van der Waals surface area contributed by atoms with Crippen LogP contribution in [-0.4, -0.2) is 64.2 Å². The second-order valence-corrected chi connectivity index (χ2v) is 8.07. The van der Waals surface area contributed by atoms with Crippen LogP contribution in [0.25, 0.3) is 33.4 Å². The maximum atomic E-state index is 14.4. The Morgan fingerprint density at radius 1 is 1.00 bits per heavy atom. The molecule has 1 aliphatic rings. The number of methoxy groups -OCH3 is 1. The quantitative estimate of drug-likeness (QED) is 0.478. The summed E-state index contributed by atoms with van der Waals surface area (Å²) >= 11 is 0. The molecule has 1 aliphatic heterocycles. The predicted molar refractivity (Wildman–Crippen MR) is 121 cm³/mol. The number of hydrogen-bond donors (Lipinski definition) is 0. The Morgan fingerprint density at radius 2 is 1.81 bits per heavy atom. The number of aromatic nitrogens is 4. The van der Waals surface area contributed by atoms with E-state index >= 15 is 0 Å². The third-order valence-electron chi connectivity index (χ3n) is 5.71. The topological polar surface area (TPSA) is 65.3 Å². The van der Waals surface area contributed by atoms with E-state index < -0.39 is 12.3 Å². The van der Waals surface area contributed by atoms with Gasteiger partial charge in [-0.15, -0.1) is 0 Å². The highest BCUT2D eigenvalue weighted by atomic mass is 19.1. The second kappa shape index (κ2) is 8.20. The van der Waals surface area contributed by atoms with Crippen molar-refractivity contribution in [3.05, 3.63) is 55.0 Å². The number of nitrogens with zero attached hydrogens (tertiary/aromatic N) is 5. The summed E-state index contributed by atoms with van der Waals surface area (Å²) in [5.41, 5.74) is 4.14. The average molecular weight is 433 g/mol. The zero-order valence-electron chi connectivity index (χ0n) is 18.2. The third-order valence-corrected chi connectivity index (χ3v) is 5.71. The molecule has 0 saturated carbocycles. The minimum Gasteiger partial charge on any atom is -0.493 e. The van der Waals surface area contributed by atoms with Gasteiger partial charge in [0.2, 0.25) is 0 Å². The first-order valence-electron chi connectivity index (χ1n) is 10.4. The molecule has 0 spiro atoms. The number of fused-ring (bicyclic) bond motifs is 1. The van der Waals surface area contributed by atoms with E-state index in [-0.39, 0.29) is 0 Å². The van der Waals surface area contributed by atoms with Gasteiger partial charge in [0.1, 0.15) is 18.1 Å². The van der Waals surface area contributed by atoms with E-state index in [1.807, 2.05) is 61.6 Å². The first-order valence-corrected chi connectivity index (χ1v) is 10.4. The molecule has 164 valence electrons. The van der Waals surface area contributed by atoms with Gasteiger partial charge in [0, 0.05) is 48.9 Å². The monoisotopic (exact) mass is 433 g/mol. The molecule has 2 aromatic heterocycles. The van der Waals surface area contributed by atoms with Gasteiger partial charge in [0.25, 0.3) is 0 Å². The van der Waals surface area contributed by atoms with Crippen molar-refractivity contribution in [2.45, 2.75) is 12.3 Å². The lowest BCUT2D eigenvalue weighted by Gasteiger charge is -2.18. The molecule has 0 radical (unpaired) electrons. The second-order valence-electron chi connectivity index (χ2n) is 8.07. The van der Waals surface area contributed by atoms with Gasteiger partial charge in [-0.05, 0) is 13.1 Å². The highest BCUT2D eigenvalue weighted by Gasteiger charge is 2.33. The highest BCUT2D eigenvalue weighted by Crippen LogP contribution is 2.39. The lowest BCUT2D eigenvalue weighted by molar-refractivity contribution is 0.135. The van der Waals surface area contributed by atoms with Crippen LogP contribution in [0.1, 0.15) is 0 Å². The summed E-state index contributed by atoms with van der Waals surface area (Å²) in [6.07, 6.45) is 1.86. The van der Waals surface area contributed by atoms with Crippen LogP contribution in [-0.2, 0) is 7.05 Å². The van der Waals surface area contributed by atoms with Crippen molar-refractivity contribution in [1.29, 1.82) is 0 Å². The fourth-order valence-corrected chi connectivity index (χ4v) is 4.19. The minimum absolute atomic E-state index is 0.352. The Balaban J connectivity index is 1.64. The molecule has 0 amide bonds. The summed E-state index contributed by atoms with van der Waals surface area (Å²) in [7, 11) is 5.33. The number of hydrogen-bond acceptors (Lipinski definition) is 6. The summed E-state index contributed by atoms with van der Waals surface area (Å²) in [5.74, 6) is 0.988. The van der Waals surface area contributed by atoms with Crippen LogP contribution in [0.2, 0.25) is 0 Å². The lowest BCUT2D eigenvalue weighted by Crippen LogP contribution is -2.27. The Bertz CT molecular complexity index is 1260. The molecule has 1 saturated heterocycles. The number of benzene rings is 2. The largest absolute Gasteiger partial charge is 0.493 e. The minimum atomic E-state index is -1.06. The summed E-state index contributed by atoms with van der Waals surface area (Å²) in [4.78, 5) is 10.9. The van der Waals surface area contributed by atoms with Crippen molar-refractivity contribution in [1.82, 2.24) is 24.6 Å². The number of likely N-dealkylation sites (N-methyl/N-ethyl adjacent to an activating group) is 1. The van der Waals surface area contributed by atoms with Gasteiger partial charge in [-0.25, -0.2) is 14.4 Å². The Hall–Kier alpha value is -3.52. The van der Waals surface area contributed by atoms with Crippen molar-refractivity contribution in [2.75, 3.05) is 27.2 Å². The number of aryl methyl sites for hydroxylation is 1. The van der Waals surface area contributed by atoms with Crippen LogP contribution in [0.5, 0.6) is 11.5 Å². The summed E-state index contributed by atoms with van der Waals surface area (Å²) in [5, 5.41) is 5.45. The summed E-state index contributed by atoms with van der Waals surface area (Å²) in [6, 6.07) is 13.6. The van der Waals surface area contributed by atoms with Crippen LogP contribution in [0.15, 0.2) is 55.0 Å². The van der Waals surface area contributed by atoms with E-state index in [1.54, 1.807) is 17.9 Å². The molecule has 2 aromatic carbocycles. The normalized spacial score (nSPS) is 18.9. The molecule has 32 heavy (non-hydrogen) atoms. The zero-order chi connectivity index (χ0) is 22.2. The number of alkyl halides is 1. The van der Waals surface area contributed by atoms with Gasteiger partial charge in [-0.3, -0.25) is 9.58 Å². The van der Waals surface area contributed by atoms with Gasteiger partial charge in [-0.1, -0.05) is 30.3 Å². The number of ether oxygens (including phenoxy) is 2. The van der Waals surface area contributed by atoms with E-state index in [0.717, 1.165) is 27.9 Å². The fraction of sp³-hybridized carbons (Fsp3) is 0.292. The number of rotatable bonds is 5. The molecule has 3 heterocycles. The van der Waals surface area contributed by atoms with Crippen LogP contribution in [0.3, 0.4) is 0 Å². The Labute approximate surface area is 185 Å². The van der Waals surface area contributed by atoms with E-state index in [4.69, 9.17) is 9.47 Å². The Kier molecular flexibility index (Phi) is 5.22. The van der Waals surface area contributed by atoms with E-state index in [9.17, 15) is 4.39 Å². The van der Waals surface area contributed by atoms with Crippen LogP contribution < -0.4 is 9.47 Å². The lowest BCUT2D eigenvalue weighted by atomic mass is 10.0. The first kappa shape index (κ1) is 20.4. The van der Waals surface area contributed by atoms with E-state index in [1.165, 1.54) is 6.33 Å². The van der Waals surface area contributed by atoms with Crippen molar-refractivity contribution < 1.29 is 13.9 Å². The van der Waals surface area contributed by atoms with Crippen LogP contribution in [0.4, 0.5) is 4.39 Å². The fourth-order valence-electron chi connectivity index (χ4n) is 4.19. The van der Waals surface area contributed by atoms with Crippen molar-refractivity contribution >= 4 is 10.9 Å².